The summed E-state index contributed by atoms with van der Waals surface area (Å²) < 4.78 is 7.32. The molecular formula is C16H27N3O3. The average Bonchev–Trinajstić information content (AvgIpc) is 3.05. The molecule has 1 aliphatic heterocycles. The Balaban J connectivity index is 1.99. The highest BCUT2D eigenvalue weighted by Gasteiger charge is 2.35. The molecule has 1 aliphatic rings. The van der Waals surface area contributed by atoms with E-state index in [-0.39, 0.29) is 17.9 Å². The van der Waals surface area contributed by atoms with Crippen molar-refractivity contribution in [3.63, 3.8) is 0 Å². The molecule has 2 N–H and O–H groups in total. The normalized spacial score (nSPS) is 21.5. The molecule has 1 aromatic heterocycles. The molecule has 0 saturated carbocycles. The summed E-state index contributed by atoms with van der Waals surface area (Å²) in [6.07, 6.45) is 3.16. The molecule has 1 unspecified atom stereocenters. The number of aliphatic hydroxyl groups excluding tert-OH is 1. The number of aromatic nitrogens is 2. The summed E-state index contributed by atoms with van der Waals surface area (Å²) in [5, 5.41) is 16.5. The third-order valence-corrected chi connectivity index (χ3v) is 4.34. The topological polar surface area (TPSA) is 76.4 Å². The van der Waals surface area contributed by atoms with Gasteiger partial charge in [-0.05, 0) is 25.7 Å². The molecule has 22 heavy (non-hydrogen) atoms. The quantitative estimate of drug-likeness (QED) is 0.797. The van der Waals surface area contributed by atoms with Gasteiger partial charge in [-0.3, -0.25) is 9.48 Å². The van der Waals surface area contributed by atoms with Crippen LogP contribution in [0.25, 0.3) is 0 Å². The fourth-order valence-corrected chi connectivity index (χ4v) is 2.87. The van der Waals surface area contributed by atoms with E-state index in [2.05, 4.69) is 24.3 Å². The SMILES string of the molecule is Cc1c(C(=O)NCC2(CCO)CCOC2)cnn1CC(C)C. The van der Waals surface area contributed by atoms with E-state index >= 15 is 0 Å². The Morgan fingerprint density at radius 3 is 2.95 bits per heavy atom. The molecule has 1 aromatic rings. The average molecular weight is 309 g/mol. The zero-order valence-corrected chi connectivity index (χ0v) is 13.8. The lowest BCUT2D eigenvalue weighted by molar-refractivity contribution is 0.0888. The summed E-state index contributed by atoms with van der Waals surface area (Å²) in [4.78, 5) is 12.4. The van der Waals surface area contributed by atoms with Gasteiger partial charge in [0.25, 0.3) is 5.91 Å². The number of aliphatic hydroxyl groups is 1. The molecule has 6 heteroatoms. The van der Waals surface area contributed by atoms with Crippen LogP contribution in [0.15, 0.2) is 6.20 Å². The highest BCUT2D eigenvalue weighted by Crippen LogP contribution is 2.31. The molecule has 2 heterocycles. The molecule has 0 radical (unpaired) electrons. The number of amides is 1. The first-order valence-corrected chi connectivity index (χ1v) is 7.97. The Bertz CT molecular complexity index is 505. The van der Waals surface area contributed by atoms with Crippen LogP contribution in [0, 0.1) is 18.3 Å². The molecule has 6 nitrogen and oxygen atoms in total. The van der Waals surface area contributed by atoms with Crippen molar-refractivity contribution in [2.45, 2.75) is 40.2 Å². The predicted octanol–water partition coefficient (Wildman–Crippen LogP) is 1.37. The summed E-state index contributed by atoms with van der Waals surface area (Å²) in [5.41, 5.74) is 1.38. The number of nitrogens with one attached hydrogen (secondary N) is 1. The molecule has 124 valence electrons. The standard InChI is InChI=1S/C16H27N3O3/c1-12(2)9-19-13(3)14(8-18-19)15(21)17-10-16(4-6-20)5-7-22-11-16/h8,12,20H,4-7,9-11H2,1-3H3,(H,17,21). The Morgan fingerprint density at radius 2 is 2.36 bits per heavy atom. The van der Waals surface area contributed by atoms with Crippen LogP contribution in [0.4, 0.5) is 0 Å². The molecule has 1 saturated heterocycles. The Morgan fingerprint density at radius 1 is 1.59 bits per heavy atom. The van der Waals surface area contributed by atoms with Gasteiger partial charge < -0.3 is 15.2 Å². The van der Waals surface area contributed by atoms with Crippen molar-refractivity contribution < 1.29 is 14.6 Å². The van der Waals surface area contributed by atoms with Gasteiger partial charge in [0.05, 0.1) is 18.4 Å². The van der Waals surface area contributed by atoms with Crippen molar-refractivity contribution in [3.8, 4) is 0 Å². The van der Waals surface area contributed by atoms with Crippen molar-refractivity contribution in [1.82, 2.24) is 15.1 Å². The molecule has 2 rings (SSSR count). The third-order valence-electron chi connectivity index (χ3n) is 4.34. The fraction of sp³-hybridized carbons (Fsp3) is 0.750. The van der Waals surface area contributed by atoms with E-state index < -0.39 is 0 Å². The number of carbonyl (C=O) groups excluding carboxylic acids is 1. The second-order valence-corrected chi connectivity index (χ2v) is 6.68. The number of carbonyl (C=O) groups is 1. The van der Waals surface area contributed by atoms with E-state index in [9.17, 15) is 9.90 Å². The van der Waals surface area contributed by atoms with E-state index in [1.165, 1.54) is 0 Å². The number of rotatable bonds is 7. The molecule has 0 aliphatic carbocycles. The van der Waals surface area contributed by atoms with Crippen molar-refractivity contribution >= 4 is 5.91 Å². The van der Waals surface area contributed by atoms with Crippen molar-refractivity contribution in [2.24, 2.45) is 11.3 Å². The Labute approximate surface area is 131 Å². The number of nitrogens with zero attached hydrogens (tertiary/aromatic N) is 2. The lowest BCUT2D eigenvalue weighted by Crippen LogP contribution is -2.38. The first-order chi connectivity index (χ1) is 10.5. The monoisotopic (exact) mass is 309 g/mol. The highest BCUT2D eigenvalue weighted by molar-refractivity contribution is 5.95. The maximum Gasteiger partial charge on any atom is 0.254 e. The minimum Gasteiger partial charge on any atom is -0.396 e. The van der Waals surface area contributed by atoms with E-state index in [0.29, 0.717) is 37.7 Å². The van der Waals surface area contributed by atoms with Gasteiger partial charge in [0.1, 0.15) is 0 Å². The Kier molecular flexibility index (Phi) is 5.58. The molecule has 0 aromatic carbocycles. The third kappa shape index (κ3) is 3.87. The number of hydrogen-bond acceptors (Lipinski definition) is 4. The molecular weight excluding hydrogens is 282 g/mol. The minimum atomic E-state index is -0.133. The van der Waals surface area contributed by atoms with Crippen molar-refractivity contribution in [1.29, 1.82) is 0 Å². The van der Waals surface area contributed by atoms with Crippen LogP contribution in [-0.2, 0) is 11.3 Å². The van der Waals surface area contributed by atoms with E-state index in [4.69, 9.17) is 4.74 Å². The maximum atomic E-state index is 12.4. The second-order valence-electron chi connectivity index (χ2n) is 6.68. The van der Waals surface area contributed by atoms with Gasteiger partial charge in [-0.25, -0.2) is 0 Å². The number of ether oxygens (including phenoxy) is 1. The summed E-state index contributed by atoms with van der Waals surface area (Å²) in [7, 11) is 0. The first-order valence-electron chi connectivity index (χ1n) is 7.97. The molecule has 0 bridgehead atoms. The zero-order chi connectivity index (χ0) is 16.2. The largest absolute Gasteiger partial charge is 0.396 e. The van der Waals surface area contributed by atoms with Gasteiger partial charge in [-0.2, -0.15) is 5.10 Å². The van der Waals surface area contributed by atoms with Gasteiger partial charge in [0.15, 0.2) is 0 Å². The summed E-state index contributed by atoms with van der Waals surface area (Å²) in [6, 6.07) is 0. The van der Waals surface area contributed by atoms with E-state index in [0.717, 1.165) is 18.7 Å². The van der Waals surface area contributed by atoms with Crippen molar-refractivity contribution in [3.05, 3.63) is 17.5 Å². The number of hydrogen-bond donors (Lipinski definition) is 2. The molecule has 1 amide bonds. The minimum absolute atomic E-state index is 0.100. The van der Waals surface area contributed by atoms with Crippen LogP contribution >= 0.6 is 0 Å². The summed E-state index contributed by atoms with van der Waals surface area (Å²) in [5.74, 6) is 0.384. The fourth-order valence-electron chi connectivity index (χ4n) is 2.87. The smallest absolute Gasteiger partial charge is 0.254 e. The van der Waals surface area contributed by atoms with Crippen LogP contribution in [0.3, 0.4) is 0 Å². The van der Waals surface area contributed by atoms with Gasteiger partial charge in [-0.1, -0.05) is 13.8 Å². The van der Waals surface area contributed by atoms with Gasteiger partial charge in [0.2, 0.25) is 0 Å². The van der Waals surface area contributed by atoms with Crippen LogP contribution in [0.5, 0.6) is 0 Å². The summed E-state index contributed by atoms with van der Waals surface area (Å²) >= 11 is 0. The summed E-state index contributed by atoms with van der Waals surface area (Å²) in [6.45, 7) is 8.92. The maximum absolute atomic E-state index is 12.4. The van der Waals surface area contributed by atoms with Gasteiger partial charge in [0, 0.05) is 37.4 Å². The van der Waals surface area contributed by atoms with E-state index in [1.54, 1.807) is 6.20 Å². The highest BCUT2D eigenvalue weighted by atomic mass is 16.5. The molecule has 1 fully saturated rings. The van der Waals surface area contributed by atoms with Crippen LogP contribution in [0.1, 0.15) is 42.7 Å². The predicted molar refractivity (Wildman–Crippen MR) is 83.7 cm³/mol. The van der Waals surface area contributed by atoms with Crippen molar-refractivity contribution in [2.75, 3.05) is 26.4 Å². The van der Waals surface area contributed by atoms with Crippen LogP contribution < -0.4 is 5.32 Å². The molecule has 0 spiro atoms. The molecule has 1 atom stereocenters. The lowest BCUT2D eigenvalue weighted by atomic mass is 9.84. The first kappa shape index (κ1) is 17.0. The van der Waals surface area contributed by atoms with Gasteiger partial charge in [-0.15, -0.1) is 0 Å². The zero-order valence-electron chi connectivity index (χ0n) is 13.8. The Hall–Kier alpha value is -1.40. The van der Waals surface area contributed by atoms with Crippen LogP contribution in [0.2, 0.25) is 0 Å². The van der Waals surface area contributed by atoms with Crippen LogP contribution in [-0.4, -0.2) is 47.2 Å². The second kappa shape index (κ2) is 7.24. The van der Waals surface area contributed by atoms with E-state index in [1.807, 2.05) is 11.6 Å². The van der Waals surface area contributed by atoms with Gasteiger partial charge >= 0.3 is 0 Å². The lowest BCUT2D eigenvalue weighted by Gasteiger charge is -2.26.